The molecule has 0 unspecified atom stereocenters. The molecule has 0 amide bonds. The predicted molar refractivity (Wildman–Crippen MR) is 75.4 cm³/mol. The molecule has 19 heavy (non-hydrogen) atoms. The number of nitriles is 1. The van der Waals surface area contributed by atoms with Gasteiger partial charge in [0.05, 0.1) is 17.3 Å². The van der Waals surface area contributed by atoms with Crippen LogP contribution >= 0.6 is 0 Å². The van der Waals surface area contributed by atoms with Gasteiger partial charge in [0.1, 0.15) is 0 Å². The number of nitrogens with one attached hydrogen (secondary N) is 1. The van der Waals surface area contributed by atoms with E-state index in [4.69, 9.17) is 5.26 Å². The first-order valence-electron chi connectivity index (χ1n) is 6.48. The van der Waals surface area contributed by atoms with Crippen molar-refractivity contribution >= 4 is 0 Å². The van der Waals surface area contributed by atoms with Crippen LogP contribution in [0.25, 0.3) is 11.3 Å². The second-order valence-electron chi connectivity index (χ2n) is 4.55. The van der Waals surface area contributed by atoms with Gasteiger partial charge >= 0.3 is 0 Å². The predicted octanol–water partition coefficient (Wildman–Crippen LogP) is 2.46. The lowest BCUT2D eigenvalue weighted by Crippen LogP contribution is -2.13. The minimum Gasteiger partial charge on any atom is -0.313 e. The van der Waals surface area contributed by atoms with E-state index in [0.717, 1.165) is 36.3 Å². The van der Waals surface area contributed by atoms with Crippen molar-refractivity contribution in [2.45, 2.75) is 19.9 Å². The van der Waals surface area contributed by atoms with Gasteiger partial charge in [0.25, 0.3) is 0 Å². The highest BCUT2D eigenvalue weighted by atomic mass is 15.3. The number of hydrogen-bond acceptors (Lipinski definition) is 3. The lowest BCUT2D eigenvalue weighted by Gasteiger charge is -2.04. The van der Waals surface area contributed by atoms with E-state index < -0.39 is 0 Å². The summed E-state index contributed by atoms with van der Waals surface area (Å²) >= 11 is 0. The molecule has 98 valence electrons. The fourth-order valence-corrected chi connectivity index (χ4v) is 2.05. The second-order valence-corrected chi connectivity index (χ2v) is 4.55. The van der Waals surface area contributed by atoms with E-state index in [0.29, 0.717) is 5.56 Å². The van der Waals surface area contributed by atoms with Crippen molar-refractivity contribution < 1.29 is 0 Å². The Morgan fingerprint density at radius 1 is 1.42 bits per heavy atom. The third kappa shape index (κ3) is 3.21. The van der Waals surface area contributed by atoms with Gasteiger partial charge in [-0.25, -0.2) is 0 Å². The van der Waals surface area contributed by atoms with Gasteiger partial charge in [-0.1, -0.05) is 19.1 Å². The molecule has 0 atom stereocenters. The van der Waals surface area contributed by atoms with Crippen LogP contribution in [0.4, 0.5) is 0 Å². The Kier molecular flexibility index (Phi) is 4.32. The molecule has 0 bridgehead atoms. The van der Waals surface area contributed by atoms with Gasteiger partial charge < -0.3 is 5.32 Å². The monoisotopic (exact) mass is 254 g/mol. The highest BCUT2D eigenvalue weighted by molar-refractivity contribution is 5.64. The minimum absolute atomic E-state index is 0.663. The summed E-state index contributed by atoms with van der Waals surface area (Å²) in [5.74, 6) is 0. The summed E-state index contributed by atoms with van der Waals surface area (Å²) in [6.45, 7) is 3.94. The quantitative estimate of drug-likeness (QED) is 0.834. The van der Waals surface area contributed by atoms with E-state index in [1.807, 2.05) is 36.1 Å². The van der Waals surface area contributed by atoms with Crippen molar-refractivity contribution in [2.75, 3.05) is 6.54 Å². The van der Waals surface area contributed by atoms with Crippen LogP contribution < -0.4 is 5.32 Å². The maximum absolute atomic E-state index is 8.97. The van der Waals surface area contributed by atoms with Crippen molar-refractivity contribution in [1.82, 2.24) is 15.1 Å². The average molecular weight is 254 g/mol. The standard InChI is InChI=1S/C15H18N4/c1-3-7-17-10-14-11-19(2)18-15(14)13-6-4-5-12(8-13)9-16/h4-6,8,11,17H,3,7,10H2,1-2H3. The first-order valence-corrected chi connectivity index (χ1v) is 6.48. The first-order chi connectivity index (χ1) is 9.24. The molecule has 0 fully saturated rings. The van der Waals surface area contributed by atoms with Crippen molar-refractivity contribution in [2.24, 2.45) is 7.05 Å². The average Bonchev–Trinajstić information content (AvgIpc) is 2.80. The number of hydrogen-bond donors (Lipinski definition) is 1. The molecule has 0 aliphatic carbocycles. The molecule has 0 aliphatic heterocycles. The number of nitrogens with zero attached hydrogens (tertiary/aromatic N) is 3. The zero-order chi connectivity index (χ0) is 13.7. The summed E-state index contributed by atoms with van der Waals surface area (Å²) in [5, 5.41) is 16.9. The molecule has 2 aromatic rings. The van der Waals surface area contributed by atoms with Crippen molar-refractivity contribution in [3.63, 3.8) is 0 Å². The molecule has 4 heteroatoms. The summed E-state index contributed by atoms with van der Waals surface area (Å²) in [4.78, 5) is 0. The van der Waals surface area contributed by atoms with E-state index in [9.17, 15) is 0 Å². The van der Waals surface area contributed by atoms with Crippen LogP contribution in [-0.4, -0.2) is 16.3 Å². The maximum Gasteiger partial charge on any atom is 0.0991 e. The molecule has 0 spiro atoms. The van der Waals surface area contributed by atoms with Gasteiger partial charge in [-0.05, 0) is 25.1 Å². The van der Waals surface area contributed by atoms with Crippen LogP contribution in [0.5, 0.6) is 0 Å². The topological polar surface area (TPSA) is 53.6 Å². The molecule has 0 saturated carbocycles. The molecular weight excluding hydrogens is 236 g/mol. The molecule has 1 N–H and O–H groups in total. The van der Waals surface area contributed by atoms with E-state index in [2.05, 4.69) is 23.4 Å². The normalized spacial score (nSPS) is 10.4. The van der Waals surface area contributed by atoms with Crippen molar-refractivity contribution in [3.8, 4) is 17.3 Å². The summed E-state index contributed by atoms with van der Waals surface area (Å²) in [6, 6.07) is 9.74. The van der Waals surface area contributed by atoms with E-state index in [-0.39, 0.29) is 0 Å². The van der Waals surface area contributed by atoms with Crippen LogP contribution in [-0.2, 0) is 13.6 Å². The number of aromatic nitrogens is 2. The Hall–Kier alpha value is -2.12. The van der Waals surface area contributed by atoms with Crippen LogP contribution in [0, 0.1) is 11.3 Å². The van der Waals surface area contributed by atoms with Crippen LogP contribution in [0.15, 0.2) is 30.5 Å². The Bertz CT molecular complexity index is 592. The van der Waals surface area contributed by atoms with Crippen molar-refractivity contribution in [1.29, 1.82) is 5.26 Å². The molecule has 0 aliphatic rings. The van der Waals surface area contributed by atoms with Crippen LogP contribution in [0.3, 0.4) is 0 Å². The molecule has 4 nitrogen and oxygen atoms in total. The fourth-order valence-electron chi connectivity index (χ4n) is 2.05. The number of aryl methyl sites for hydroxylation is 1. The summed E-state index contributed by atoms with van der Waals surface area (Å²) < 4.78 is 1.82. The molecule has 0 saturated heterocycles. The SMILES string of the molecule is CCCNCc1cn(C)nc1-c1cccc(C#N)c1. The fraction of sp³-hybridized carbons (Fsp3) is 0.333. The second kappa shape index (κ2) is 6.17. The summed E-state index contributed by atoms with van der Waals surface area (Å²) in [7, 11) is 1.92. The number of rotatable bonds is 5. The van der Waals surface area contributed by atoms with Gasteiger partial charge in [-0.3, -0.25) is 4.68 Å². The zero-order valence-electron chi connectivity index (χ0n) is 11.3. The molecule has 1 aromatic heterocycles. The minimum atomic E-state index is 0.663. The van der Waals surface area contributed by atoms with E-state index in [1.54, 1.807) is 6.07 Å². The highest BCUT2D eigenvalue weighted by Gasteiger charge is 2.10. The van der Waals surface area contributed by atoms with E-state index in [1.165, 1.54) is 0 Å². The first kappa shape index (κ1) is 13.3. The zero-order valence-corrected chi connectivity index (χ0v) is 11.3. The largest absolute Gasteiger partial charge is 0.313 e. The van der Waals surface area contributed by atoms with Gasteiger partial charge in [0.2, 0.25) is 0 Å². The smallest absolute Gasteiger partial charge is 0.0991 e. The molecule has 2 rings (SSSR count). The van der Waals surface area contributed by atoms with E-state index >= 15 is 0 Å². The Labute approximate surface area is 113 Å². The van der Waals surface area contributed by atoms with Gasteiger partial charge in [0, 0.05) is 30.9 Å². The Balaban J connectivity index is 2.30. The van der Waals surface area contributed by atoms with Gasteiger partial charge in [-0.15, -0.1) is 0 Å². The molecule has 1 aromatic carbocycles. The molecule has 1 heterocycles. The third-order valence-electron chi connectivity index (χ3n) is 2.91. The maximum atomic E-state index is 8.97. The summed E-state index contributed by atoms with van der Waals surface area (Å²) in [5.41, 5.74) is 3.76. The third-order valence-corrected chi connectivity index (χ3v) is 2.91. The van der Waals surface area contributed by atoms with Crippen LogP contribution in [0.2, 0.25) is 0 Å². The van der Waals surface area contributed by atoms with Gasteiger partial charge in [0.15, 0.2) is 0 Å². The molecular formula is C15H18N4. The lowest BCUT2D eigenvalue weighted by molar-refractivity contribution is 0.675. The number of benzene rings is 1. The Morgan fingerprint density at radius 3 is 3.00 bits per heavy atom. The Morgan fingerprint density at radius 2 is 2.26 bits per heavy atom. The summed E-state index contributed by atoms with van der Waals surface area (Å²) in [6.07, 6.45) is 3.14. The lowest BCUT2D eigenvalue weighted by atomic mass is 10.1. The molecule has 0 radical (unpaired) electrons. The van der Waals surface area contributed by atoms with Crippen LogP contribution in [0.1, 0.15) is 24.5 Å². The van der Waals surface area contributed by atoms with Gasteiger partial charge in [-0.2, -0.15) is 10.4 Å². The highest BCUT2D eigenvalue weighted by Crippen LogP contribution is 2.22. The van der Waals surface area contributed by atoms with Crippen molar-refractivity contribution in [3.05, 3.63) is 41.6 Å².